The van der Waals surface area contributed by atoms with Gasteiger partial charge in [-0.1, -0.05) is 0 Å². The van der Waals surface area contributed by atoms with Gasteiger partial charge in [0.15, 0.2) is 0 Å². The molecule has 0 amide bonds. The molecule has 0 radical (unpaired) electrons. The van der Waals surface area contributed by atoms with Crippen molar-refractivity contribution in [3.63, 3.8) is 0 Å². The molecule has 138 valence electrons. The van der Waals surface area contributed by atoms with Gasteiger partial charge < -0.3 is 0 Å². The van der Waals surface area contributed by atoms with Gasteiger partial charge in [0.2, 0.25) is 0 Å². The van der Waals surface area contributed by atoms with E-state index in [4.69, 9.17) is 4.74 Å². The summed E-state index contributed by atoms with van der Waals surface area (Å²) in [5, 5.41) is 3.98. The second-order valence-electron chi connectivity index (χ2n) is 6.71. The van der Waals surface area contributed by atoms with E-state index in [0.29, 0.717) is 0 Å². The van der Waals surface area contributed by atoms with E-state index in [1.165, 1.54) is 22.8 Å². The Kier molecular flexibility index (Phi) is 6.21. The van der Waals surface area contributed by atoms with Crippen LogP contribution in [0.1, 0.15) is 6.92 Å². The maximum absolute atomic E-state index is 11.3. The molecule has 0 bridgehead atoms. The molecule has 0 aliphatic rings. The number of benzene rings is 3. The number of ether oxygens (including phenoxy) is 1. The Morgan fingerprint density at radius 1 is 0.778 bits per heavy atom. The summed E-state index contributed by atoms with van der Waals surface area (Å²) in [7, 11) is -2.35. The molecule has 0 N–H and O–H groups in total. The Labute approximate surface area is 161 Å². The van der Waals surface area contributed by atoms with Gasteiger partial charge in [0.05, 0.1) is 0 Å². The van der Waals surface area contributed by atoms with Crippen LogP contribution >= 0.6 is 7.26 Å². The van der Waals surface area contributed by atoms with Gasteiger partial charge in [-0.05, 0) is 0 Å². The molecule has 0 aromatic heterocycles. The van der Waals surface area contributed by atoms with E-state index in [9.17, 15) is 4.79 Å². The minimum atomic E-state index is -2.35. The minimum absolute atomic E-state index is 0.261. The zero-order valence-corrected chi connectivity index (χ0v) is 16.6. The fourth-order valence-corrected chi connectivity index (χ4v) is 8.35. The average molecular weight is 376 g/mol. The van der Waals surface area contributed by atoms with E-state index in [0.717, 1.165) is 11.7 Å². The second-order valence-corrected chi connectivity index (χ2v) is 10.6. The van der Waals surface area contributed by atoms with E-state index < -0.39 is 7.26 Å². The fraction of sp³-hybridized carbons (Fsp3) is 0.125. The van der Waals surface area contributed by atoms with Crippen LogP contribution in [0, 0.1) is 0 Å². The molecule has 3 rings (SSSR count). The van der Waals surface area contributed by atoms with E-state index in [1.807, 2.05) is 18.2 Å². The molecule has 0 saturated heterocycles. The first-order valence-electron chi connectivity index (χ1n) is 9.09. The van der Waals surface area contributed by atoms with Gasteiger partial charge in [0.25, 0.3) is 0 Å². The van der Waals surface area contributed by atoms with Crippen molar-refractivity contribution < 1.29 is 9.53 Å². The summed E-state index contributed by atoms with van der Waals surface area (Å²) in [4.78, 5) is 11.3. The Hall–Kier alpha value is -2.70. The van der Waals surface area contributed by atoms with Crippen molar-refractivity contribution in [2.45, 2.75) is 6.92 Å². The van der Waals surface area contributed by atoms with Crippen LogP contribution < -0.4 is 15.9 Å². The molecule has 0 aliphatic heterocycles. The van der Waals surface area contributed by atoms with Crippen LogP contribution in [0.25, 0.3) is 0 Å². The molecule has 3 aromatic carbocycles. The Morgan fingerprint density at radius 3 is 1.48 bits per heavy atom. The van der Waals surface area contributed by atoms with Crippen molar-refractivity contribution in [3.8, 4) is 0 Å². The summed E-state index contributed by atoms with van der Waals surface area (Å²) >= 11 is 0. The van der Waals surface area contributed by atoms with Gasteiger partial charge in [0.1, 0.15) is 0 Å². The quantitative estimate of drug-likeness (QED) is 0.356. The van der Waals surface area contributed by atoms with Gasteiger partial charge in [-0.3, -0.25) is 0 Å². The topological polar surface area (TPSA) is 26.3 Å². The van der Waals surface area contributed by atoms with Crippen LogP contribution in [0.2, 0.25) is 0 Å². The van der Waals surface area contributed by atoms with Crippen molar-refractivity contribution in [1.82, 2.24) is 0 Å². The maximum atomic E-state index is 11.3. The predicted octanol–water partition coefficient (Wildman–Crippen LogP) is 3.83. The van der Waals surface area contributed by atoms with E-state index >= 15 is 0 Å². The third-order valence-electron chi connectivity index (χ3n) is 4.79. The molecular formula is C24H25O2P. The van der Waals surface area contributed by atoms with Crippen molar-refractivity contribution >= 4 is 29.1 Å². The van der Waals surface area contributed by atoms with Crippen molar-refractivity contribution in [2.75, 3.05) is 12.8 Å². The third-order valence-corrected chi connectivity index (χ3v) is 9.78. The second kappa shape index (κ2) is 8.79. The summed E-state index contributed by atoms with van der Waals surface area (Å²) in [5.74, 6) is -0.275. The van der Waals surface area contributed by atoms with Gasteiger partial charge in [0, 0.05) is 0 Å². The molecule has 0 spiro atoms. The van der Waals surface area contributed by atoms with Gasteiger partial charge in [-0.25, -0.2) is 0 Å². The van der Waals surface area contributed by atoms with Crippen LogP contribution in [0.4, 0.5) is 0 Å². The standard InChI is InChI=1S/C24H25O2P/c1-20(18-26-21(2)25)19-27(22-12-6-3-7-13-22,23-14-8-4-9-15-23)24-16-10-5-11-17-24/h3-17,27H,1,18-19H2,2H3. The van der Waals surface area contributed by atoms with E-state index in [2.05, 4.69) is 79.4 Å². The molecule has 0 aliphatic carbocycles. The zero-order chi connectivity index (χ0) is 19.1. The summed E-state index contributed by atoms with van der Waals surface area (Å²) in [6.45, 7) is 5.94. The number of hydrogen-bond acceptors (Lipinski definition) is 2. The SMILES string of the molecule is C=C(COC(C)=O)C[PH](c1ccccc1)(c1ccccc1)c1ccccc1. The summed E-state index contributed by atoms with van der Waals surface area (Å²) in [6, 6.07) is 32.0. The van der Waals surface area contributed by atoms with Crippen LogP contribution in [0.3, 0.4) is 0 Å². The Morgan fingerprint density at radius 2 is 1.15 bits per heavy atom. The van der Waals surface area contributed by atoms with Gasteiger partial charge in [-0.15, -0.1) is 0 Å². The van der Waals surface area contributed by atoms with E-state index in [1.54, 1.807) is 0 Å². The van der Waals surface area contributed by atoms with Gasteiger partial charge in [-0.2, -0.15) is 0 Å². The molecule has 2 nitrogen and oxygen atoms in total. The van der Waals surface area contributed by atoms with Crippen LogP contribution in [0.5, 0.6) is 0 Å². The Bertz CT molecular complexity index is 793. The number of rotatable bonds is 7. The monoisotopic (exact) mass is 376 g/mol. The molecular weight excluding hydrogens is 351 g/mol. The fourth-order valence-electron chi connectivity index (χ4n) is 3.60. The van der Waals surface area contributed by atoms with Gasteiger partial charge >= 0.3 is 162 Å². The first kappa shape index (κ1) is 19.1. The third kappa shape index (κ3) is 4.35. The van der Waals surface area contributed by atoms with Crippen molar-refractivity contribution in [2.24, 2.45) is 0 Å². The zero-order valence-electron chi connectivity index (χ0n) is 15.6. The van der Waals surface area contributed by atoms with Crippen LogP contribution in [0.15, 0.2) is 103 Å². The molecule has 3 heteroatoms. The molecule has 27 heavy (non-hydrogen) atoms. The molecule has 0 atom stereocenters. The molecule has 0 heterocycles. The van der Waals surface area contributed by atoms with Crippen molar-refractivity contribution in [1.29, 1.82) is 0 Å². The molecule has 0 unspecified atom stereocenters. The van der Waals surface area contributed by atoms with E-state index in [-0.39, 0.29) is 12.6 Å². The first-order chi connectivity index (χ1) is 13.1. The number of esters is 1. The summed E-state index contributed by atoms with van der Waals surface area (Å²) < 4.78 is 5.24. The Balaban J connectivity index is 2.17. The van der Waals surface area contributed by atoms with Crippen molar-refractivity contribution in [3.05, 3.63) is 103 Å². The molecule has 0 saturated carbocycles. The number of carbonyl (C=O) groups is 1. The summed E-state index contributed by atoms with van der Waals surface area (Å²) in [6.07, 6.45) is 0.790. The molecule has 3 aromatic rings. The first-order valence-corrected chi connectivity index (χ1v) is 11.3. The number of hydrogen-bond donors (Lipinski definition) is 0. The van der Waals surface area contributed by atoms with Crippen LogP contribution in [-0.2, 0) is 9.53 Å². The average Bonchev–Trinajstić information content (AvgIpc) is 2.72. The number of carbonyl (C=O) groups excluding carboxylic acids is 1. The predicted molar refractivity (Wildman–Crippen MR) is 117 cm³/mol. The van der Waals surface area contributed by atoms with Crippen LogP contribution in [-0.4, -0.2) is 18.7 Å². The molecule has 0 fully saturated rings. The summed E-state index contributed by atoms with van der Waals surface area (Å²) in [5.41, 5.74) is 0.938. The normalized spacial score (nSPS) is 11.6.